The summed E-state index contributed by atoms with van der Waals surface area (Å²) in [5.74, 6) is 0.540. The SMILES string of the molecule is CC(O)(CN)CCCCOc1cccc(S(C)(=O)=O)c1. The van der Waals surface area contributed by atoms with Crippen molar-refractivity contribution >= 4 is 9.84 Å². The maximum absolute atomic E-state index is 11.4. The molecule has 0 aromatic heterocycles. The monoisotopic (exact) mass is 301 g/mol. The van der Waals surface area contributed by atoms with Gasteiger partial charge in [-0.05, 0) is 44.4 Å². The van der Waals surface area contributed by atoms with Gasteiger partial charge in [0, 0.05) is 12.8 Å². The molecule has 20 heavy (non-hydrogen) atoms. The molecule has 0 radical (unpaired) electrons. The number of hydrogen-bond donors (Lipinski definition) is 2. The number of ether oxygens (including phenoxy) is 1. The number of aliphatic hydroxyl groups is 1. The number of sulfone groups is 1. The molecule has 114 valence electrons. The largest absolute Gasteiger partial charge is 0.494 e. The van der Waals surface area contributed by atoms with Crippen molar-refractivity contribution in [1.82, 2.24) is 0 Å². The first kappa shape index (κ1) is 16.9. The molecule has 0 aliphatic carbocycles. The molecule has 0 aliphatic rings. The van der Waals surface area contributed by atoms with Gasteiger partial charge in [-0.25, -0.2) is 8.42 Å². The van der Waals surface area contributed by atoms with E-state index in [4.69, 9.17) is 10.5 Å². The zero-order chi connectivity index (χ0) is 15.2. The van der Waals surface area contributed by atoms with Gasteiger partial charge < -0.3 is 15.6 Å². The lowest BCUT2D eigenvalue weighted by atomic mass is 10.00. The summed E-state index contributed by atoms with van der Waals surface area (Å²) < 4.78 is 28.3. The first-order valence-electron chi connectivity index (χ1n) is 6.60. The maximum Gasteiger partial charge on any atom is 0.175 e. The van der Waals surface area contributed by atoms with Crippen LogP contribution in [0.3, 0.4) is 0 Å². The Morgan fingerprint density at radius 1 is 1.35 bits per heavy atom. The van der Waals surface area contributed by atoms with E-state index in [9.17, 15) is 13.5 Å². The zero-order valence-corrected chi connectivity index (χ0v) is 12.8. The molecule has 1 rings (SSSR count). The molecule has 0 fully saturated rings. The van der Waals surface area contributed by atoms with Gasteiger partial charge in [-0.1, -0.05) is 6.07 Å². The second kappa shape index (κ2) is 7.06. The fourth-order valence-corrected chi connectivity index (χ4v) is 2.35. The minimum absolute atomic E-state index is 0.240. The highest BCUT2D eigenvalue weighted by Gasteiger charge is 2.16. The van der Waals surface area contributed by atoms with Crippen molar-refractivity contribution in [3.05, 3.63) is 24.3 Å². The highest BCUT2D eigenvalue weighted by atomic mass is 32.2. The Morgan fingerprint density at radius 3 is 2.65 bits per heavy atom. The van der Waals surface area contributed by atoms with Gasteiger partial charge >= 0.3 is 0 Å². The van der Waals surface area contributed by atoms with Crippen LogP contribution in [0, 0.1) is 0 Å². The first-order chi connectivity index (χ1) is 9.24. The molecule has 0 saturated heterocycles. The fourth-order valence-electron chi connectivity index (χ4n) is 1.69. The molecule has 6 heteroatoms. The van der Waals surface area contributed by atoms with Gasteiger partial charge in [-0.3, -0.25) is 0 Å². The van der Waals surface area contributed by atoms with Gasteiger partial charge in [-0.15, -0.1) is 0 Å². The average molecular weight is 301 g/mol. The number of hydrogen-bond acceptors (Lipinski definition) is 5. The second-order valence-corrected chi connectivity index (χ2v) is 7.27. The van der Waals surface area contributed by atoms with Gasteiger partial charge in [0.05, 0.1) is 17.1 Å². The predicted octanol–water partition coefficient (Wildman–Crippen LogP) is 1.35. The summed E-state index contributed by atoms with van der Waals surface area (Å²) in [4.78, 5) is 0.251. The Kier molecular flexibility index (Phi) is 5.98. The van der Waals surface area contributed by atoms with E-state index < -0.39 is 15.4 Å². The molecule has 0 saturated carbocycles. The van der Waals surface area contributed by atoms with Crippen molar-refractivity contribution in [2.45, 2.75) is 36.7 Å². The summed E-state index contributed by atoms with van der Waals surface area (Å²) in [6.45, 7) is 2.43. The normalized spacial score (nSPS) is 14.8. The quantitative estimate of drug-likeness (QED) is 0.707. The lowest BCUT2D eigenvalue weighted by Crippen LogP contribution is -2.33. The lowest BCUT2D eigenvalue weighted by Gasteiger charge is -2.20. The van der Waals surface area contributed by atoms with Crippen molar-refractivity contribution in [3.63, 3.8) is 0 Å². The van der Waals surface area contributed by atoms with E-state index in [1.54, 1.807) is 25.1 Å². The summed E-state index contributed by atoms with van der Waals surface area (Å²) in [7, 11) is -3.21. The third-order valence-corrected chi connectivity index (χ3v) is 4.16. The number of benzene rings is 1. The number of unbranched alkanes of at least 4 members (excludes halogenated alkanes) is 1. The molecule has 3 N–H and O–H groups in total. The molecular formula is C14H23NO4S. The van der Waals surface area contributed by atoms with E-state index in [1.165, 1.54) is 12.3 Å². The summed E-state index contributed by atoms with van der Waals surface area (Å²) in [6, 6.07) is 6.45. The average Bonchev–Trinajstić information content (AvgIpc) is 2.37. The predicted molar refractivity (Wildman–Crippen MR) is 78.6 cm³/mol. The Morgan fingerprint density at radius 2 is 2.05 bits per heavy atom. The second-order valence-electron chi connectivity index (χ2n) is 5.25. The first-order valence-corrected chi connectivity index (χ1v) is 8.49. The van der Waals surface area contributed by atoms with Crippen LogP contribution in [-0.2, 0) is 9.84 Å². The molecule has 1 unspecified atom stereocenters. The molecule has 1 aromatic carbocycles. The van der Waals surface area contributed by atoms with Crippen molar-refractivity contribution in [2.75, 3.05) is 19.4 Å². The highest BCUT2D eigenvalue weighted by molar-refractivity contribution is 7.90. The van der Waals surface area contributed by atoms with E-state index >= 15 is 0 Å². The molecule has 1 aromatic rings. The molecule has 0 aliphatic heterocycles. The van der Waals surface area contributed by atoms with Crippen LogP contribution in [0.15, 0.2) is 29.2 Å². The van der Waals surface area contributed by atoms with Crippen molar-refractivity contribution < 1.29 is 18.3 Å². The van der Waals surface area contributed by atoms with Gasteiger partial charge in [0.1, 0.15) is 5.75 Å². The van der Waals surface area contributed by atoms with Crippen molar-refractivity contribution in [2.24, 2.45) is 5.73 Å². The van der Waals surface area contributed by atoms with Gasteiger partial charge in [-0.2, -0.15) is 0 Å². The molecule has 0 spiro atoms. The molecule has 0 bridgehead atoms. The molecule has 1 atom stereocenters. The molecule has 0 heterocycles. The number of nitrogens with two attached hydrogens (primary N) is 1. The number of rotatable bonds is 8. The third kappa shape index (κ3) is 5.90. The summed E-state index contributed by atoms with van der Waals surface area (Å²) >= 11 is 0. The summed E-state index contributed by atoms with van der Waals surface area (Å²) in [5.41, 5.74) is 4.61. The topological polar surface area (TPSA) is 89.6 Å². The van der Waals surface area contributed by atoms with Gasteiger partial charge in [0.15, 0.2) is 9.84 Å². The van der Waals surface area contributed by atoms with Gasteiger partial charge in [0.2, 0.25) is 0 Å². The van der Waals surface area contributed by atoms with Crippen molar-refractivity contribution in [1.29, 1.82) is 0 Å². The molecule has 5 nitrogen and oxygen atoms in total. The van der Waals surface area contributed by atoms with Crippen LogP contribution in [0.5, 0.6) is 5.75 Å². The minimum Gasteiger partial charge on any atom is -0.494 e. The van der Waals surface area contributed by atoms with Crippen LogP contribution in [0.2, 0.25) is 0 Å². The summed E-state index contributed by atoms with van der Waals surface area (Å²) in [5, 5.41) is 9.73. The van der Waals surface area contributed by atoms with E-state index in [2.05, 4.69) is 0 Å². The van der Waals surface area contributed by atoms with E-state index in [-0.39, 0.29) is 11.4 Å². The summed E-state index contributed by atoms with van der Waals surface area (Å²) in [6.07, 6.45) is 3.37. The van der Waals surface area contributed by atoms with Crippen LogP contribution >= 0.6 is 0 Å². The van der Waals surface area contributed by atoms with E-state index in [0.29, 0.717) is 18.8 Å². The molecule has 0 amide bonds. The van der Waals surface area contributed by atoms with Crippen molar-refractivity contribution in [3.8, 4) is 5.75 Å². The Hall–Kier alpha value is -1.11. The van der Waals surface area contributed by atoms with Crippen LogP contribution in [0.1, 0.15) is 26.2 Å². The Bertz CT molecular complexity index is 526. The fraction of sp³-hybridized carbons (Fsp3) is 0.571. The molecular weight excluding hydrogens is 278 g/mol. The zero-order valence-electron chi connectivity index (χ0n) is 12.0. The van der Waals surface area contributed by atoms with Crippen LogP contribution in [0.4, 0.5) is 0 Å². The Labute approximate surface area is 120 Å². The third-order valence-electron chi connectivity index (χ3n) is 3.05. The minimum atomic E-state index is -3.21. The standard InChI is InChI=1S/C14H23NO4S/c1-14(16,11-15)8-3-4-9-19-12-6-5-7-13(10-12)20(2,17)18/h5-7,10,16H,3-4,8-9,11,15H2,1-2H3. The van der Waals surface area contributed by atoms with E-state index in [1.807, 2.05) is 0 Å². The highest BCUT2D eigenvalue weighted by Crippen LogP contribution is 2.18. The maximum atomic E-state index is 11.4. The van der Waals surface area contributed by atoms with Gasteiger partial charge in [0.25, 0.3) is 0 Å². The van der Waals surface area contributed by atoms with E-state index in [0.717, 1.165) is 12.8 Å². The lowest BCUT2D eigenvalue weighted by molar-refractivity contribution is 0.0562. The smallest absolute Gasteiger partial charge is 0.175 e. The van der Waals surface area contributed by atoms with Crippen LogP contribution in [0.25, 0.3) is 0 Å². The van der Waals surface area contributed by atoms with Crippen LogP contribution < -0.4 is 10.5 Å². The van der Waals surface area contributed by atoms with Crippen LogP contribution in [-0.4, -0.2) is 38.5 Å². The Balaban J connectivity index is 2.40.